The summed E-state index contributed by atoms with van der Waals surface area (Å²) in [5.41, 5.74) is 2.39. The van der Waals surface area contributed by atoms with E-state index in [1.807, 2.05) is 18.2 Å². The normalized spacial score (nSPS) is 11.8. The van der Waals surface area contributed by atoms with E-state index in [2.05, 4.69) is 20.9 Å². The van der Waals surface area contributed by atoms with Crippen LogP contribution in [0.5, 0.6) is 0 Å². The van der Waals surface area contributed by atoms with E-state index in [1.165, 1.54) is 5.56 Å². The number of hydrogen-bond acceptors (Lipinski definition) is 5. The molecule has 0 fully saturated rings. The lowest BCUT2D eigenvalue weighted by atomic mass is 10.1. The number of fused-ring (bicyclic) bond motifs is 1. The summed E-state index contributed by atoms with van der Waals surface area (Å²) < 4.78 is 33.2. The van der Waals surface area contributed by atoms with Gasteiger partial charge in [0.15, 0.2) is 9.84 Å². The second-order valence-corrected chi connectivity index (χ2v) is 7.76. The van der Waals surface area contributed by atoms with Crippen molar-refractivity contribution in [1.29, 1.82) is 0 Å². The molecule has 22 heavy (non-hydrogen) atoms. The van der Waals surface area contributed by atoms with Crippen molar-refractivity contribution in [2.24, 2.45) is 0 Å². The van der Waals surface area contributed by atoms with Crippen molar-refractivity contribution in [3.8, 4) is 0 Å². The fourth-order valence-electron chi connectivity index (χ4n) is 2.41. The molecule has 6 heteroatoms. The van der Waals surface area contributed by atoms with Crippen LogP contribution in [0.25, 0.3) is 11.0 Å². The molecule has 0 N–H and O–H groups in total. The molecule has 3 aromatic rings. The van der Waals surface area contributed by atoms with E-state index in [9.17, 15) is 8.42 Å². The summed E-state index contributed by atoms with van der Waals surface area (Å²) in [4.78, 5) is 0.304. The van der Waals surface area contributed by atoms with Crippen molar-refractivity contribution in [3.63, 3.8) is 0 Å². The summed E-state index contributed by atoms with van der Waals surface area (Å²) in [7, 11) is -3.31. The SMILES string of the molecule is O=S(=O)(CCCCc1ccccc1)c1cccc2nsnc12. The molecule has 4 nitrogen and oxygen atoms in total. The molecule has 0 saturated heterocycles. The standard InChI is InChI=1S/C16H16N2O2S2/c19-22(20,12-5-4-9-13-7-2-1-3-8-13)15-11-6-10-14-16(15)18-21-17-14/h1-3,6-8,10-11H,4-5,9,12H2. The van der Waals surface area contributed by atoms with Crippen molar-refractivity contribution in [3.05, 3.63) is 54.1 Å². The molecule has 0 radical (unpaired) electrons. The predicted octanol–water partition coefficient (Wildman–Crippen LogP) is 3.49. The Morgan fingerprint density at radius 1 is 0.909 bits per heavy atom. The highest BCUT2D eigenvalue weighted by atomic mass is 32.2. The number of benzene rings is 2. The van der Waals surface area contributed by atoms with Crippen molar-refractivity contribution in [2.75, 3.05) is 5.75 Å². The minimum Gasteiger partial charge on any atom is -0.224 e. The molecule has 0 aliphatic carbocycles. The molecule has 0 aliphatic rings. The minimum absolute atomic E-state index is 0.149. The lowest BCUT2D eigenvalue weighted by Gasteiger charge is -2.05. The maximum absolute atomic E-state index is 12.5. The zero-order valence-electron chi connectivity index (χ0n) is 12.0. The minimum atomic E-state index is -3.31. The number of rotatable bonds is 6. The molecule has 0 amide bonds. The molecule has 0 aliphatic heterocycles. The van der Waals surface area contributed by atoms with Gasteiger partial charge in [-0.2, -0.15) is 8.75 Å². The molecule has 0 atom stereocenters. The quantitative estimate of drug-likeness (QED) is 0.648. The van der Waals surface area contributed by atoms with E-state index in [-0.39, 0.29) is 5.75 Å². The number of sulfone groups is 1. The largest absolute Gasteiger partial charge is 0.224 e. The second-order valence-electron chi connectivity index (χ2n) is 5.15. The highest BCUT2D eigenvalue weighted by Crippen LogP contribution is 2.23. The number of unbranched alkanes of at least 4 members (excludes halogenated alkanes) is 1. The lowest BCUT2D eigenvalue weighted by molar-refractivity contribution is 0.592. The summed E-state index contributed by atoms with van der Waals surface area (Å²) in [6.07, 6.45) is 2.40. The number of aryl methyl sites for hydroxylation is 1. The van der Waals surface area contributed by atoms with E-state index >= 15 is 0 Å². The Morgan fingerprint density at radius 3 is 2.55 bits per heavy atom. The first kappa shape index (κ1) is 15.1. The Morgan fingerprint density at radius 2 is 1.73 bits per heavy atom. The van der Waals surface area contributed by atoms with Gasteiger partial charge in [-0.3, -0.25) is 0 Å². The summed E-state index contributed by atoms with van der Waals surface area (Å²) in [6, 6.07) is 15.2. The second kappa shape index (κ2) is 6.54. The molecule has 3 rings (SSSR count). The van der Waals surface area contributed by atoms with Gasteiger partial charge in [-0.1, -0.05) is 36.4 Å². The number of nitrogens with zero attached hydrogens (tertiary/aromatic N) is 2. The predicted molar refractivity (Wildman–Crippen MR) is 88.8 cm³/mol. The van der Waals surface area contributed by atoms with E-state index in [1.54, 1.807) is 18.2 Å². The monoisotopic (exact) mass is 332 g/mol. The zero-order valence-corrected chi connectivity index (χ0v) is 13.6. The summed E-state index contributed by atoms with van der Waals surface area (Å²) >= 11 is 1.04. The topological polar surface area (TPSA) is 59.9 Å². The van der Waals surface area contributed by atoms with Crippen LogP contribution in [0.15, 0.2) is 53.4 Å². The van der Waals surface area contributed by atoms with Crippen molar-refractivity contribution >= 4 is 32.6 Å². The smallest absolute Gasteiger partial charge is 0.180 e. The maximum Gasteiger partial charge on any atom is 0.180 e. The first-order chi connectivity index (χ1) is 10.7. The van der Waals surface area contributed by atoms with Crippen LogP contribution in [0.4, 0.5) is 0 Å². The molecule has 0 saturated carbocycles. The summed E-state index contributed by atoms with van der Waals surface area (Å²) in [5.74, 6) is 0.149. The van der Waals surface area contributed by atoms with Crippen LogP contribution in [0.3, 0.4) is 0 Å². The van der Waals surface area contributed by atoms with E-state index in [0.29, 0.717) is 22.3 Å². The molecule has 1 heterocycles. The molecule has 0 bridgehead atoms. The van der Waals surface area contributed by atoms with Gasteiger partial charge in [0.05, 0.1) is 22.4 Å². The molecular weight excluding hydrogens is 316 g/mol. The maximum atomic E-state index is 12.5. The van der Waals surface area contributed by atoms with E-state index in [4.69, 9.17) is 0 Å². The van der Waals surface area contributed by atoms with Gasteiger partial charge >= 0.3 is 0 Å². The Hall–Kier alpha value is -1.79. The average Bonchev–Trinajstić information content (AvgIpc) is 3.01. The van der Waals surface area contributed by atoms with Gasteiger partial charge in [-0.25, -0.2) is 8.42 Å². The van der Waals surface area contributed by atoms with Crippen LogP contribution < -0.4 is 0 Å². The highest BCUT2D eigenvalue weighted by molar-refractivity contribution is 7.91. The summed E-state index contributed by atoms with van der Waals surface area (Å²) in [6.45, 7) is 0. The fraction of sp³-hybridized carbons (Fsp3) is 0.250. The molecule has 114 valence electrons. The third kappa shape index (κ3) is 3.34. The molecule has 0 spiro atoms. The van der Waals surface area contributed by atoms with Gasteiger partial charge in [0.1, 0.15) is 11.0 Å². The number of hydrogen-bond donors (Lipinski definition) is 0. The van der Waals surface area contributed by atoms with Crippen LogP contribution in [-0.4, -0.2) is 22.9 Å². The number of aromatic nitrogens is 2. The van der Waals surface area contributed by atoms with Gasteiger partial charge in [0, 0.05) is 0 Å². The molecular formula is C16H16N2O2S2. The highest BCUT2D eigenvalue weighted by Gasteiger charge is 2.19. The van der Waals surface area contributed by atoms with E-state index < -0.39 is 9.84 Å². The Kier molecular flexibility index (Phi) is 4.49. The van der Waals surface area contributed by atoms with Gasteiger partial charge in [0.2, 0.25) is 0 Å². The first-order valence-corrected chi connectivity index (χ1v) is 9.53. The van der Waals surface area contributed by atoms with Crippen LogP contribution >= 0.6 is 11.7 Å². The van der Waals surface area contributed by atoms with Crippen molar-refractivity contribution in [1.82, 2.24) is 8.75 Å². The van der Waals surface area contributed by atoms with Crippen molar-refractivity contribution in [2.45, 2.75) is 24.2 Å². The van der Waals surface area contributed by atoms with E-state index in [0.717, 1.165) is 24.6 Å². The van der Waals surface area contributed by atoms with Crippen LogP contribution in [0.1, 0.15) is 18.4 Å². The fourth-order valence-corrected chi connectivity index (χ4v) is 4.55. The van der Waals surface area contributed by atoms with Gasteiger partial charge < -0.3 is 0 Å². The van der Waals surface area contributed by atoms with Crippen LogP contribution in [0.2, 0.25) is 0 Å². The zero-order chi connectivity index (χ0) is 15.4. The Balaban J connectivity index is 1.65. The van der Waals surface area contributed by atoms with Gasteiger partial charge in [-0.15, -0.1) is 0 Å². The first-order valence-electron chi connectivity index (χ1n) is 7.15. The van der Waals surface area contributed by atoms with Crippen molar-refractivity contribution < 1.29 is 8.42 Å². The molecule has 1 aromatic heterocycles. The van der Waals surface area contributed by atoms with Crippen LogP contribution in [0, 0.1) is 0 Å². The summed E-state index contributed by atoms with van der Waals surface area (Å²) in [5, 5.41) is 0. The van der Waals surface area contributed by atoms with Crippen LogP contribution in [-0.2, 0) is 16.3 Å². The van der Waals surface area contributed by atoms with Gasteiger partial charge in [-0.05, 0) is 37.0 Å². The van der Waals surface area contributed by atoms with Gasteiger partial charge in [0.25, 0.3) is 0 Å². The molecule has 2 aromatic carbocycles. The third-order valence-electron chi connectivity index (χ3n) is 3.56. The average molecular weight is 332 g/mol. The molecule has 0 unspecified atom stereocenters. The Labute approximate surface area is 134 Å². The lowest BCUT2D eigenvalue weighted by Crippen LogP contribution is -2.08. The Bertz CT molecular complexity index is 858. The third-order valence-corrected chi connectivity index (χ3v) is 5.92.